The predicted octanol–water partition coefficient (Wildman–Crippen LogP) is 6.14. The molecule has 2 heteroatoms. The Morgan fingerprint density at radius 1 is 0.917 bits per heavy atom. The van der Waals surface area contributed by atoms with Crippen molar-refractivity contribution >= 4 is 29.5 Å². The lowest BCUT2D eigenvalue weighted by atomic mass is 10.0. The Balaban J connectivity index is 2.28. The number of carbonyl (C=O) groups excluding carboxylic acids is 1. The number of carbonyl (C=O) groups is 1. The van der Waals surface area contributed by atoms with Crippen LogP contribution in [0.25, 0.3) is 11.6 Å². The summed E-state index contributed by atoms with van der Waals surface area (Å²) in [6.45, 7) is 1.89. The van der Waals surface area contributed by atoms with E-state index in [1.165, 1.54) is 6.08 Å². The van der Waals surface area contributed by atoms with E-state index in [-0.39, 0.29) is 0 Å². The molecule has 2 rings (SSSR count). The zero-order chi connectivity index (χ0) is 17.2. The standard InChI is InChI=1S/C22H19ClO/c1-18(16-17-24)6-5-9-21(20-7-3-2-4-8-20)13-10-19-11-14-22(23)15-12-19/h2-17H,1H3/b6-5+,13-10+,18-16+,21-9-. The van der Waals surface area contributed by atoms with Gasteiger partial charge in [0.25, 0.3) is 0 Å². The van der Waals surface area contributed by atoms with Crippen LogP contribution in [-0.2, 0) is 4.79 Å². The summed E-state index contributed by atoms with van der Waals surface area (Å²) in [5, 5.41) is 0.728. The Hall–Kier alpha value is -2.64. The molecule has 0 saturated heterocycles. The number of rotatable bonds is 6. The monoisotopic (exact) mass is 334 g/mol. The maximum atomic E-state index is 10.5. The fraction of sp³-hybridized carbons (Fsp3) is 0.0455. The van der Waals surface area contributed by atoms with E-state index in [1.54, 1.807) is 0 Å². The van der Waals surface area contributed by atoms with Gasteiger partial charge in [-0.05, 0) is 47.4 Å². The van der Waals surface area contributed by atoms with E-state index in [2.05, 4.69) is 24.3 Å². The molecule has 0 saturated carbocycles. The van der Waals surface area contributed by atoms with Gasteiger partial charge in [-0.2, -0.15) is 0 Å². The predicted molar refractivity (Wildman–Crippen MR) is 104 cm³/mol. The van der Waals surface area contributed by atoms with Crippen molar-refractivity contribution in [2.75, 3.05) is 0 Å². The summed E-state index contributed by atoms with van der Waals surface area (Å²) in [7, 11) is 0. The van der Waals surface area contributed by atoms with E-state index in [9.17, 15) is 4.79 Å². The van der Waals surface area contributed by atoms with Gasteiger partial charge < -0.3 is 0 Å². The van der Waals surface area contributed by atoms with Crippen molar-refractivity contribution in [1.29, 1.82) is 0 Å². The van der Waals surface area contributed by atoms with Crippen LogP contribution in [0.5, 0.6) is 0 Å². The molecule has 0 bridgehead atoms. The van der Waals surface area contributed by atoms with Crippen LogP contribution in [0, 0.1) is 0 Å². The second-order valence-corrected chi connectivity index (χ2v) is 5.72. The first-order valence-corrected chi connectivity index (χ1v) is 8.06. The van der Waals surface area contributed by atoms with Crippen molar-refractivity contribution in [3.05, 3.63) is 107 Å². The molecule has 1 nitrogen and oxygen atoms in total. The molecule has 0 radical (unpaired) electrons. The smallest absolute Gasteiger partial charge is 0.143 e. The summed E-state index contributed by atoms with van der Waals surface area (Å²) in [5.74, 6) is 0. The van der Waals surface area contributed by atoms with Crippen LogP contribution < -0.4 is 0 Å². The van der Waals surface area contributed by atoms with Gasteiger partial charge in [0.05, 0.1) is 0 Å². The highest BCUT2D eigenvalue weighted by atomic mass is 35.5. The average molecular weight is 335 g/mol. The third kappa shape index (κ3) is 5.86. The van der Waals surface area contributed by atoms with Gasteiger partial charge in [-0.1, -0.05) is 84.4 Å². The molecule has 0 amide bonds. The van der Waals surface area contributed by atoms with Gasteiger partial charge in [0, 0.05) is 5.02 Å². The normalized spacial score (nSPS) is 12.9. The van der Waals surface area contributed by atoms with E-state index >= 15 is 0 Å². The zero-order valence-electron chi connectivity index (χ0n) is 13.5. The van der Waals surface area contributed by atoms with Crippen molar-refractivity contribution in [2.45, 2.75) is 6.92 Å². The summed E-state index contributed by atoms with van der Waals surface area (Å²) in [5.41, 5.74) is 4.21. The molecule has 0 heterocycles. The van der Waals surface area contributed by atoms with E-state index in [0.717, 1.165) is 33.6 Å². The van der Waals surface area contributed by atoms with Gasteiger partial charge in [0.15, 0.2) is 0 Å². The number of hydrogen-bond donors (Lipinski definition) is 0. The Kier molecular flexibility index (Phi) is 7.00. The average Bonchev–Trinajstić information content (AvgIpc) is 2.60. The highest BCUT2D eigenvalue weighted by Crippen LogP contribution is 2.18. The SMILES string of the molecule is CC(/C=C/C=C(/C=C/c1ccc(Cl)cc1)c1ccccc1)=C\C=O. The number of benzene rings is 2. The summed E-state index contributed by atoms with van der Waals surface area (Å²) in [4.78, 5) is 10.5. The molecular weight excluding hydrogens is 316 g/mol. The van der Waals surface area contributed by atoms with Crippen LogP contribution in [-0.4, -0.2) is 6.29 Å². The van der Waals surface area contributed by atoms with Crippen LogP contribution in [0.15, 0.2) is 90.6 Å². The van der Waals surface area contributed by atoms with Gasteiger partial charge in [0.1, 0.15) is 6.29 Å². The minimum Gasteiger partial charge on any atom is -0.299 e. The first kappa shape index (κ1) is 17.7. The van der Waals surface area contributed by atoms with Crippen molar-refractivity contribution < 1.29 is 4.79 Å². The largest absolute Gasteiger partial charge is 0.299 e. The first-order valence-electron chi connectivity index (χ1n) is 7.68. The van der Waals surface area contributed by atoms with Crippen LogP contribution in [0.4, 0.5) is 0 Å². The molecule has 0 aliphatic heterocycles. The Morgan fingerprint density at radius 3 is 2.29 bits per heavy atom. The van der Waals surface area contributed by atoms with Gasteiger partial charge in [0.2, 0.25) is 0 Å². The second-order valence-electron chi connectivity index (χ2n) is 5.28. The minimum atomic E-state index is 0.728. The van der Waals surface area contributed by atoms with Crippen LogP contribution in [0.3, 0.4) is 0 Å². The molecule has 0 aliphatic carbocycles. The van der Waals surface area contributed by atoms with E-state index in [4.69, 9.17) is 11.6 Å². The van der Waals surface area contributed by atoms with E-state index < -0.39 is 0 Å². The summed E-state index contributed by atoms with van der Waals surface area (Å²) in [6, 6.07) is 17.9. The fourth-order valence-corrected chi connectivity index (χ4v) is 2.23. The molecule has 2 aromatic carbocycles. The molecular formula is C22H19ClO. The lowest BCUT2D eigenvalue weighted by Gasteiger charge is -2.02. The Bertz CT molecular complexity index is 778. The lowest BCUT2D eigenvalue weighted by molar-refractivity contribution is -0.104. The molecule has 120 valence electrons. The highest BCUT2D eigenvalue weighted by Gasteiger charge is 1.96. The van der Waals surface area contributed by atoms with Gasteiger partial charge in [-0.15, -0.1) is 0 Å². The number of halogens is 1. The number of allylic oxidation sites excluding steroid dienone is 7. The van der Waals surface area contributed by atoms with Crippen LogP contribution in [0.2, 0.25) is 5.02 Å². The molecule has 0 aromatic heterocycles. The Labute approximate surface area is 148 Å². The van der Waals surface area contributed by atoms with Gasteiger partial charge >= 0.3 is 0 Å². The number of hydrogen-bond acceptors (Lipinski definition) is 1. The molecule has 0 unspecified atom stereocenters. The second kappa shape index (κ2) is 9.49. The Morgan fingerprint density at radius 2 is 1.62 bits per heavy atom. The van der Waals surface area contributed by atoms with E-state index in [1.807, 2.05) is 67.6 Å². The first-order chi connectivity index (χ1) is 11.7. The summed E-state index contributed by atoms with van der Waals surface area (Å²) >= 11 is 5.92. The molecule has 0 atom stereocenters. The van der Waals surface area contributed by atoms with Crippen LogP contribution >= 0.6 is 11.6 Å². The van der Waals surface area contributed by atoms with Gasteiger partial charge in [-0.3, -0.25) is 4.79 Å². The number of aldehydes is 1. The summed E-state index contributed by atoms with van der Waals surface area (Å²) in [6.07, 6.45) is 12.3. The molecule has 0 fully saturated rings. The molecule has 0 N–H and O–H groups in total. The fourth-order valence-electron chi connectivity index (χ4n) is 2.10. The van der Waals surface area contributed by atoms with Crippen LogP contribution in [0.1, 0.15) is 18.1 Å². The van der Waals surface area contributed by atoms with Crippen molar-refractivity contribution in [3.63, 3.8) is 0 Å². The third-order valence-electron chi connectivity index (χ3n) is 3.40. The topological polar surface area (TPSA) is 17.1 Å². The van der Waals surface area contributed by atoms with Gasteiger partial charge in [-0.25, -0.2) is 0 Å². The summed E-state index contributed by atoms with van der Waals surface area (Å²) < 4.78 is 0. The molecule has 0 spiro atoms. The molecule has 0 aliphatic rings. The minimum absolute atomic E-state index is 0.728. The quantitative estimate of drug-likeness (QED) is 0.352. The molecule has 24 heavy (non-hydrogen) atoms. The molecule has 2 aromatic rings. The highest BCUT2D eigenvalue weighted by molar-refractivity contribution is 6.30. The van der Waals surface area contributed by atoms with Crippen molar-refractivity contribution in [1.82, 2.24) is 0 Å². The lowest BCUT2D eigenvalue weighted by Crippen LogP contribution is -1.80. The van der Waals surface area contributed by atoms with Crippen molar-refractivity contribution in [3.8, 4) is 0 Å². The third-order valence-corrected chi connectivity index (χ3v) is 3.65. The maximum Gasteiger partial charge on any atom is 0.143 e. The maximum absolute atomic E-state index is 10.5. The zero-order valence-corrected chi connectivity index (χ0v) is 14.3. The van der Waals surface area contributed by atoms with Crippen molar-refractivity contribution in [2.24, 2.45) is 0 Å². The van der Waals surface area contributed by atoms with E-state index in [0.29, 0.717) is 0 Å².